The van der Waals surface area contributed by atoms with Crippen LogP contribution in [0.4, 0.5) is 0 Å². The lowest BCUT2D eigenvalue weighted by Crippen LogP contribution is -2.04. The summed E-state index contributed by atoms with van der Waals surface area (Å²) < 4.78 is 16.9. The van der Waals surface area contributed by atoms with Gasteiger partial charge in [-0.25, -0.2) is 9.79 Å². The van der Waals surface area contributed by atoms with Crippen molar-refractivity contribution in [1.29, 1.82) is 0 Å². The van der Waals surface area contributed by atoms with Crippen LogP contribution in [0.1, 0.15) is 10.4 Å². The number of fused-ring (bicyclic) bond motifs is 1. The molecular weight excluding hydrogens is 386 g/mol. The maximum atomic E-state index is 12.3. The average Bonchev–Trinajstić information content (AvgIpc) is 3.22. The van der Waals surface area contributed by atoms with E-state index in [9.17, 15) is 4.79 Å². The molecule has 0 atom stereocenters. The van der Waals surface area contributed by atoms with E-state index < -0.39 is 5.97 Å². The fourth-order valence-electron chi connectivity index (χ4n) is 2.76. The van der Waals surface area contributed by atoms with E-state index in [1.54, 1.807) is 38.5 Å². The highest BCUT2D eigenvalue weighted by atomic mass is 35.5. The van der Waals surface area contributed by atoms with Gasteiger partial charge in [0.05, 0.1) is 19.2 Å². The van der Waals surface area contributed by atoms with E-state index in [2.05, 4.69) is 4.99 Å². The molecule has 5 nitrogen and oxygen atoms in total. The number of rotatable bonds is 4. The first-order valence-electron chi connectivity index (χ1n) is 8.02. The van der Waals surface area contributed by atoms with Crippen molar-refractivity contribution in [2.45, 2.75) is 0 Å². The number of benzene rings is 2. The highest BCUT2D eigenvalue weighted by molar-refractivity contribution is 7.21. The van der Waals surface area contributed by atoms with Crippen molar-refractivity contribution in [2.75, 3.05) is 14.2 Å². The minimum absolute atomic E-state index is 0.171. The SMILES string of the molecule is COc1ccc(OC)c(/C=C2/N=C(c3sc4ccccc4c3Cl)OC2=O)c1. The van der Waals surface area contributed by atoms with Crippen molar-refractivity contribution < 1.29 is 19.0 Å². The number of nitrogens with zero attached hydrogens (tertiary/aromatic N) is 1. The lowest BCUT2D eigenvalue weighted by Gasteiger charge is -2.07. The van der Waals surface area contributed by atoms with Crippen LogP contribution in [-0.2, 0) is 9.53 Å². The number of esters is 1. The summed E-state index contributed by atoms with van der Waals surface area (Å²) in [5, 5.41) is 1.44. The largest absolute Gasteiger partial charge is 0.497 e. The van der Waals surface area contributed by atoms with E-state index in [0.29, 0.717) is 27.0 Å². The van der Waals surface area contributed by atoms with Gasteiger partial charge < -0.3 is 14.2 Å². The Hall–Kier alpha value is -2.83. The number of thiophene rings is 1. The van der Waals surface area contributed by atoms with Gasteiger partial charge in [-0.3, -0.25) is 0 Å². The van der Waals surface area contributed by atoms with Gasteiger partial charge in [-0.1, -0.05) is 29.8 Å². The number of carbonyl (C=O) groups is 1. The normalized spacial score (nSPS) is 15.1. The van der Waals surface area contributed by atoms with E-state index in [-0.39, 0.29) is 11.6 Å². The predicted molar refractivity (Wildman–Crippen MR) is 107 cm³/mol. The number of carbonyl (C=O) groups excluding carboxylic acids is 1. The van der Waals surface area contributed by atoms with Gasteiger partial charge in [0.15, 0.2) is 5.70 Å². The number of hydrogen-bond acceptors (Lipinski definition) is 6. The Labute approximate surface area is 164 Å². The lowest BCUT2D eigenvalue weighted by molar-refractivity contribution is -0.129. The maximum Gasteiger partial charge on any atom is 0.363 e. The smallest absolute Gasteiger partial charge is 0.363 e. The van der Waals surface area contributed by atoms with Crippen LogP contribution in [0.2, 0.25) is 5.02 Å². The van der Waals surface area contributed by atoms with Crippen LogP contribution in [0.3, 0.4) is 0 Å². The van der Waals surface area contributed by atoms with E-state index in [1.165, 1.54) is 11.3 Å². The molecular formula is C20H14ClNO4S. The van der Waals surface area contributed by atoms with E-state index >= 15 is 0 Å². The summed E-state index contributed by atoms with van der Waals surface area (Å²) in [4.78, 5) is 17.3. The van der Waals surface area contributed by atoms with E-state index in [0.717, 1.165) is 10.1 Å². The first-order chi connectivity index (χ1) is 13.1. The van der Waals surface area contributed by atoms with E-state index in [4.69, 9.17) is 25.8 Å². The predicted octanol–water partition coefficient (Wildman–Crippen LogP) is 4.92. The number of methoxy groups -OCH3 is 2. The fourth-order valence-corrected chi connectivity index (χ4v) is 4.20. The van der Waals surface area contributed by atoms with Gasteiger partial charge in [0.2, 0.25) is 5.90 Å². The molecule has 1 aromatic heterocycles. The zero-order valence-electron chi connectivity index (χ0n) is 14.5. The molecule has 7 heteroatoms. The molecule has 0 bridgehead atoms. The number of halogens is 1. The van der Waals surface area contributed by atoms with Crippen molar-refractivity contribution in [3.63, 3.8) is 0 Å². The van der Waals surface area contributed by atoms with Gasteiger partial charge in [0, 0.05) is 15.6 Å². The molecule has 0 fully saturated rings. The van der Waals surface area contributed by atoms with Crippen molar-refractivity contribution in [1.82, 2.24) is 0 Å². The minimum Gasteiger partial charge on any atom is -0.497 e. The van der Waals surface area contributed by atoms with Gasteiger partial charge in [-0.05, 0) is 30.3 Å². The fraction of sp³-hybridized carbons (Fsp3) is 0.100. The first kappa shape index (κ1) is 17.6. The summed E-state index contributed by atoms with van der Waals surface area (Å²) in [5.41, 5.74) is 0.835. The second-order valence-corrected chi connectivity index (χ2v) is 7.12. The van der Waals surface area contributed by atoms with Crippen LogP contribution in [0, 0.1) is 0 Å². The molecule has 1 aliphatic rings. The highest BCUT2D eigenvalue weighted by Gasteiger charge is 2.28. The van der Waals surface area contributed by atoms with Crippen molar-refractivity contribution in [3.8, 4) is 11.5 Å². The van der Waals surface area contributed by atoms with Crippen LogP contribution < -0.4 is 9.47 Å². The van der Waals surface area contributed by atoms with Crippen LogP contribution in [0.5, 0.6) is 11.5 Å². The molecule has 0 spiro atoms. The zero-order valence-corrected chi connectivity index (χ0v) is 16.1. The van der Waals surface area contributed by atoms with Crippen LogP contribution in [0.25, 0.3) is 16.2 Å². The van der Waals surface area contributed by atoms with Gasteiger partial charge in [0.25, 0.3) is 0 Å². The van der Waals surface area contributed by atoms with Crippen LogP contribution >= 0.6 is 22.9 Å². The number of hydrogen-bond donors (Lipinski definition) is 0. The molecule has 0 saturated heterocycles. The second-order valence-electron chi connectivity index (χ2n) is 5.69. The first-order valence-corrected chi connectivity index (χ1v) is 9.22. The monoisotopic (exact) mass is 399 g/mol. The molecule has 0 unspecified atom stereocenters. The zero-order chi connectivity index (χ0) is 19.0. The topological polar surface area (TPSA) is 57.1 Å². The molecule has 2 aromatic carbocycles. The Morgan fingerprint density at radius 2 is 1.96 bits per heavy atom. The quantitative estimate of drug-likeness (QED) is 0.461. The molecule has 1 aliphatic heterocycles. The molecule has 27 heavy (non-hydrogen) atoms. The molecule has 0 amide bonds. The Morgan fingerprint density at radius 1 is 1.15 bits per heavy atom. The maximum absolute atomic E-state index is 12.3. The lowest BCUT2D eigenvalue weighted by atomic mass is 10.1. The molecule has 2 heterocycles. The molecule has 0 aliphatic carbocycles. The van der Waals surface area contributed by atoms with Crippen molar-refractivity contribution >= 4 is 51.0 Å². The third-order valence-corrected chi connectivity index (χ3v) is 5.74. The molecule has 0 N–H and O–H groups in total. The summed E-state index contributed by atoms with van der Waals surface area (Å²) >= 11 is 7.90. The third kappa shape index (κ3) is 3.18. The number of cyclic esters (lactones) is 1. The van der Waals surface area contributed by atoms with Gasteiger partial charge in [-0.15, -0.1) is 11.3 Å². The summed E-state index contributed by atoms with van der Waals surface area (Å²) in [6, 6.07) is 13.0. The summed E-state index contributed by atoms with van der Waals surface area (Å²) in [6.45, 7) is 0. The number of ether oxygens (including phenoxy) is 3. The molecule has 3 aromatic rings. The molecule has 4 rings (SSSR count). The minimum atomic E-state index is -0.539. The Kier molecular flexibility index (Phi) is 4.59. The third-order valence-electron chi connectivity index (χ3n) is 4.08. The van der Waals surface area contributed by atoms with Crippen LogP contribution in [0.15, 0.2) is 53.2 Å². The summed E-state index contributed by atoms with van der Waals surface area (Å²) in [6.07, 6.45) is 1.61. The van der Waals surface area contributed by atoms with E-state index in [1.807, 2.05) is 24.3 Å². The Balaban J connectivity index is 1.77. The average molecular weight is 400 g/mol. The molecule has 136 valence electrons. The second kappa shape index (κ2) is 7.06. The van der Waals surface area contributed by atoms with Gasteiger partial charge in [-0.2, -0.15) is 0 Å². The Morgan fingerprint density at radius 3 is 2.70 bits per heavy atom. The number of aliphatic imine (C=N–C) groups is 1. The summed E-state index contributed by atoms with van der Waals surface area (Å²) in [5.74, 6) is 0.910. The van der Waals surface area contributed by atoms with Crippen molar-refractivity contribution in [3.05, 3.63) is 63.6 Å². The van der Waals surface area contributed by atoms with Crippen LogP contribution in [-0.4, -0.2) is 26.1 Å². The summed E-state index contributed by atoms with van der Waals surface area (Å²) in [7, 11) is 3.13. The van der Waals surface area contributed by atoms with Crippen molar-refractivity contribution in [2.24, 2.45) is 4.99 Å². The Bertz CT molecular complexity index is 1120. The van der Waals surface area contributed by atoms with Gasteiger partial charge in [0.1, 0.15) is 16.4 Å². The highest BCUT2D eigenvalue weighted by Crippen LogP contribution is 2.37. The molecule has 0 saturated carbocycles. The standard InChI is InChI=1S/C20H14ClNO4S/c1-24-12-7-8-15(25-2)11(9-12)10-14-20(23)26-19(22-14)18-17(21)13-5-3-4-6-16(13)27-18/h3-10H,1-2H3/b14-10+. The van der Waals surface area contributed by atoms with Gasteiger partial charge >= 0.3 is 5.97 Å². The molecule has 0 radical (unpaired) electrons.